The molecule has 1 aromatic rings. The number of H-pyrrole nitrogens is 1. The highest BCUT2D eigenvalue weighted by atomic mass is 35.5. The number of halogens is 1. The smallest absolute Gasteiger partial charge is 0.266 e. The molecule has 0 aliphatic carbocycles. The lowest BCUT2D eigenvalue weighted by atomic mass is 10.3. The van der Waals surface area contributed by atoms with Crippen LogP contribution >= 0.6 is 11.6 Å². The molecule has 1 aromatic heterocycles. The van der Waals surface area contributed by atoms with Crippen LogP contribution in [0.15, 0.2) is 22.0 Å². The Kier molecular flexibility index (Phi) is 3.74. The van der Waals surface area contributed by atoms with Crippen molar-refractivity contribution in [3.05, 3.63) is 27.6 Å². The fourth-order valence-electron chi connectivity index (χ4n) is 1.77. The Morgan fingerprint density at radius 3 is 2.63 bits per heavy atom. The lowest BCUT2D eigenvalue weighted by Gasteiger charge is -2.11. The monoisotopic (exact) mass is 326 g/mol. The van der Waals surface area contributed by atoms with Gasteiger partial charge in [0.1, 0.15) is 5.02 Å². The van der Waals surface area contributed by atoms with E-state index in [-0.39, 0.29) is 27.8 Å². The van der Waals surface area contributed by atoms with Crippen LogP contribution in [0.4, 0.5) is 0 Å². The number of hydrogen-bond acceptors (Lipinski definition) is 5. The molecule has 1 aliphatic heterocycles. The summed E-state index contributed by atoms with van der Waals surface area (Å²) >= 11 is 5.55. The summed E-state index contributed by atoms with van der Waals surface area (Å²) in [6, 6.07) is 0.368. The van der Waals surface area contributed by atoms with E-state index >= 15 is 0 Å². The van der Waals surface area contributed by atoms with Gasteiger partial charge in [0, 0.05) is 12.2 Å². The molecule has 2 N–H and O–H groups in total. The fourth-order valence-corrected chi connectivity index (χ4v) is 5.05. The van der Waals surface area contributed by atoms with Crippen LogP contribution in [0.1, 0.15) is 6.42 Å². The zero-order valence-corrected chi connectivity index (χ0v) is 12.0. The molecule has 0 aromatic carbocycles. The normalized spacial score (nSPS) is 22.5. The third kappa shape index (κ3) is 3.35. The summed E-state index contributed by atoms with van der Waals surface area (Å²) in [6.07, 6.45) is 1.25. The Morgan fingerprint density at radius 1 is 1.42 bits per heavy atom. The molecule has 0 radical (unpaired) electrons. The first kappa shape index (κ1) is 14.5. The molecule has 10 heteroatoms. The van der Waals surface area contributed by atoms with Crippen molar-refractivity contribution in [2.24, 2.45) is 0 Å². The molecule has 1 aliphatic rings. The van der Waals surface area contributed by atoms with Gasteiger partial charge in [-0.25, -0.2) is 21.6 Å². The Bertz CT molecular complexity index is 753. The van der Waals surface area contributed by atoms with E-state index in [9.17, 15) is 21.6 Å². The van der Waals surface area contributed by atoms with Gasteiger partial charge in [0.05, 0.1) is 16.4 Å². The van der Waals surface area contributed by atoms with Crippen molar-refractivity contribution in [3.63, 3.8) is 0 Å². The van der Waals surface area contributed by atoms with Crippen molar-refractivity contribution < 1.29 is 16.8 Å². The van der Waals surface area contributed by atoms with Crippen LogP contribution in [0.2, 0.25) is 5.02 Å². The van der Waals surface area contributed by atoms with Crippen molar-refractivity contribution in [2.75, 3.05) is 11.5 Å². The van der Waals surface area contributed by atoms with Crippen molar-refractivity contribution in [3.8, 4) is 0 Å². The van der Waals surface area contributed by atoms with Gasteiger partial charge in [-0.1, -0.05) is 11.6 Å². The van der Waals surface area contributed by atoms with Gasteiger partial charge >= 0.3 is 0 Å². The largest absolute Gasteiger partial charge is 0.326 e. The minimum absolute atomic E-state index is 0.0352. The molecule has 2 rings (SSSR count). The topological polar surface area (TPSA) is 113 Å². The molecule has 19 heavy (non-hydrogen) atoms. The number of pyridine rings is 1. The second kappa shape index (κ2) is 4.89. The van der Waals surface area contributed by atoms with E-state index in [0.29, 0.717) is 0 Å². The van der Waals surface area contributed by atoms with E-state index in [4.69, 9.17) is 11.6 Å². The van der Waals surface area contributed by atoms with Crippen LogP contribution in [0, 0.1) is 0 Å². The SMILES string of the molecule is O=c1[nH]cc(S(=O)(=O)NC2CCS(=O)(=O)C2)cc1Cl. The van der Waals surface area contributed by atoms with E-state index in [1.54, 1.807) is 0 Å². The lowest BCUT2D eigenvalue weighted by Crippen LogP contribution is -2.35. The van der Waals surface area contributed by atoms with E-state index in [1.165, 1.54) is 0 Å². The van der Waals surface area contributed by atoms with Crippen LogP contribution in [0.25, 0.3) is 0 Å². The summed E-state index contributed by atoms with van der Waals surface area (Å²) in [5.41, 5.74) is -0.593. The molecule has 1 saturated heterocycles. The quantitative estimate of drug-likeness (QED) is 0.777. The summed E-state index contributed by atoms with van der Waals surface area (Å²) in [4.78, 5) is 13.0. The van der Waals surface area contributed by atoms with Crippen LogP contribution in [0.5, 0.6) is 0 Å². The van der Waals surface area contributed by atoms with Crippen LogP contribution in [0.3, 0.4) is 0 Å². The Labute approximate surface area is 115 Å². The predicted octanol–water partition coefficient (Wildman–Crippen LogP) is -0.506. The van der Waals surface area contributed by atoms with Crippen molar-refractivity contribution in [2.45, 2.75) is 17.4 Å². The molecule has 0 saturated carbocycles. The highest BCUT2D eigenvalue weighted by Gasteiger charge is 2.31. The van der Waals surface area contributed by atoms with Gasteiger partial charge in [-0.05, 0) is 12.5 Å². The molecule has 7 nitrogen and oxygen atoms in total. The van der Waals surface area contributed by atoms with Gasteiger partial charge in [0.15, 0.2) is 9.84 Å². The number of sulfone groups is 1. The number of nitrogens with one attached hydrogen (secondary N) is 2. The maximum atomic E-state index is 12.0. The molecule has 1 atom stereocenters. The average molecular weight is 327 g/mol. The first-order valence-corrected chi connectivity index (χ1v) is 8.99. The summed E-state index contributed by atoms with van der Waals surface area (Å²) < 4.78 is 48.8. The molecule has 1 fully saturated rings. The van der Waals surface area contributed by atoms with Crippen LogP contribution in [-0.4, -0.2) is 39.4 Å². The number of aromatic amines is 1. The highest BCUT2D eigenvalue weighted by Crippen LogP contribution is 2.16. The fraction of sp³-hybridized carbons (Fsp3) is 0.444. The molecule has 0 bridgehead atoms. The average Bonchev–Trinajstić information content (AvgIpc) is 2.61. The maximum Gasteiger partial charge on any atom is 0.266 e. The van der Waals surface area contributed by atoms with E-state index in [2.05, 4.69) is 9.71 Å². The highest BCUT2D eigenvalue weighted by molar-refractivity contribution is 7.92. The first-order valence-electron chi connectivity index (χ1n) is 5.31. The molecule has 0 spiro atoms. The van der Waals surface area contributed by atoms with E-state index in [1.807, 2.05) is 0 Å². The minimum Gasteiger partial charge on any atom is -0.326 e. The Morgan fingerprint density at radius 2 is 2.11 bits per heavy atom. The van der Waals surface area contributed by atoms with Crippen molar-refractivity contribution >= 4 is 31.5 Å². The maximum absolute atomic E-state index is 12.0. The summed E-state index contributed by atoms with van der Waals surface area (Å²) in [5, 5.41) is -0.248. The molecule has 2 heterocycles. The number of hydrogen-bond donors (Lipinski definition) is 2. The first-order chi connectivity index (χ1) is 8.70. The van der Waals surface area contributed by atoms with Crippen LogP contribution in [-0.2, 0) is 19.9 Å². The third-order valence-electron chi connectivity index (χ3n) is 2.70. The third-order valence-corrected chi connectivity index (χ3v) is 6.24. The van der Waals surface area contributed by atoms with Gasteiger partial charge in [0.25, 0.3) is 5.56 Å². The van der Waals surface area contributed by atoms with Crippen molar-refractivity contribution in [1.82, 2.24) is 9.71 Å². The number of aromatic nitrogens is 1. The van der Waals surface area contributed by atoms with Gasteiger partial charge in [-0.15, -0.1) is 0 Å². The standard InChI is InChI=1S/C9H11ClN2O5S2/c10-8-3-7(4-11-9(8)13)19(16,17)12-6-1-2-18(14,15)5-6/h3-4,6,12H,1-2,5H2,(H,11,13). The van der Waals surface area contributed by atoms with E-state index in [0.717, 1.165) is 12.3 Å². The molecule has 106 valence electrons. The predicted molar refractivity (Wildman–Crippen MR) is 69.5 cm³/mol. The van der Waals surface area contributed by atoms with Gasteiger partial charge in [0.2, 0.25) is 10.0 Å². The second-order valence-electron chi connectivity index (χ2n) is 4.23. The molecule has 1 unspecified atom stereocenters. The van der Waals surface area contributed by atoms with Gasteiger partial charge in [-0.3, -0.25) is 4.79 Å². The minimum atomic E-state index is -3.90. The molecular weight excluding hydrogens is 316 g/mol. The Hall–Kier alpha value is -0.900. The summed E-state index contributed by atoms with van der Waals surface area (Å²) in [6.45, 7) is 0. The zero-order valence-electron chi connectivity index (χ0n) is 9.59. The van der Waals surface area contributed by atoms with Gasteiger partial charge < -0.3 is 4.98 Å². The molecule has 0 amide bonds. The zero-order chi connectivity index (χ0) is 14.3. The number of rotatable bonds is 3. The van der Waals surface area contributed by atoms with Gasteiger partial charge in [-0.2, -0.15) is 0 Å². The number of sulfonamides is 1. The summed E-state index contributed by atoms with van der Waals surface area (Å²) in [7, 11) is -7.08. The second-order valence-corrected chi connectivity index (χ2v) is 8.58. The van der Waals surface area contributed by atoms with Crippen molar-refractivity contribution in [1.29, 1.82) is 0 Å². The van der Waals surface area contributed by atoms with Crippen LogP contribution < -0.4 is 10.3 Å². The Balaban J connectivity index is 2.24. The van der Waals surface area contributed by atoms with E-state index < -0.39 is 31.5 Å². The molecular formula is C9H11ClN2O5S2. The lowest BCUT2D eigenvalue weighted by molar-refractivity contribution is 0.562. The summed E-state index contributed by atoms with van der Waals surface area (Å²) in [5.74, 6) is -0.254.